The van der Waals surface area contributed by atoms with Gasteiger partial charge in [0.25, 0.3) is 40.5 Å². The average molecular weight is 1320 g/mol. The van der Waals surface area contributed by atoms with Crippen LogP contribution in [0.4, 0.5) is 93.3 Å². The number of urea groups is 2. The van der Waals surface area contributed by atoms with Gasteiger partial charge in [-0.2, -0.15) is 72.4 Å². The van der Waals surface area contributed by atoms with E-state index in [4.69, 9.17) is 11.5 Å². The van der Waals surface area contributed by atoms with Crippen molar-refractivity contribution in [3.8, 4) is 0 Å². The van der Waals surface area contributed by atoms with Crippen molar-refractivity contribution in [2.24, 2.45) is 31.9 Å². The van der Waals surface area contributed by atoms with E-state index in [1.807, 2.05) is 0 Å². The molecule has 0 aliphatic carbocycles. The Bertz CT molecular complexity index is 4650. The van der Waals surface area contributed by atoms with Crippen molar-refractivity contribution >= 4 is 154 Å². The SMILES string of the molecule is C=CS(=O)(=O)CCCC(=O)Nc1ccc(S(=O)(=O)O)c(N=Nc2ccc(Nc3nc(F)nc(NC(C)CNc4nc(F)nc(Nc5ccc(N=Nc6cc7c(S(=O)(=O)O)cc(S(=O)(=O)O)cc7cc6S(=O)(=O)O)c(NC(N)=O)c5)n4)n3)cc2NC(N)=O)c1. The van der Waals surface area contributed by atoms with Crippen molar-refractivity contribution < 1.29 is 83.5 Å². The van der Waals surface area contributed by atoms with Gasteiger partial charge in [-0.3, -0.25) is 23.0 Å². The summed E-state index contributed by atoms with van der Waals surface area (Å²) in [5.41, 5.74) is 8.62. The fourth-order valence-corrected chi connectivity index (χ4v) is 10.7. The first-order valence-corrected chi connectivity index (χ1v) is 31.4. The normalized spacial score (nSPS) is 12.6. The van der Waals surface area contributed by atoms with E-state index in [0.717, 1.165) is 35.7 Å². The molecule has 464 valence electrons. The fourth-order valence-electron chi connectivity index (χ4n) is 7.41. The summed E-state index contributed by atoms with van der Waals surface area (Å²) in [6, 6.07) is 9.67. The van der Waals surface area contributed by atoms with Crippen LogP contribution in [-0.2, 0) is 55.1 Å². The lowest BCUT2D eigenvalue weighted by Gasteiger charge is -2.16. The number of fused-ring (bicyclic) bond motifs is 1. The minimum Gasteiger partial charge on any atom is -0.352 e. The Hall–Kier alpha value is -10.0. The molecule has 0 radical (unpaired) electrons. The maximum atomic E-state index is 14.9. The van der Waals surface area contributed by atoms with Gasteiger partial charge in [0.15, 0.2) is 9.84 Å². The number of benzene rings is 5. The molecule has 0 fully saturated rings. The van der Waals surface area contributed by atoms with Crippen LogP contribution in [0.1, 0.15) is 19.8 Å². The molecule has 0 spiro atoms. The van der Waals surface area contributed by atoms with E-state index < -0.39 is 140 Å². The first kappa shape index (κ1) is 65.5. The summed E-state index contributed by atoms with van der Waals surface area (Å²) >= 11 is 0. The Morgan fingerprint density at radius 3 is 1.57 bits per heavy atom. The van der Waals surface area contributed by atoms with Crippen LogP contribution in [-0.4, -0.2) is 127 Å². The predicted molar refractivity (Wildman–Crippen MR) is 307 cm³/mol. The number of carbonyl (C=O) groups excluding carboxylic acids is 3. The lowest BCUT2D eigenvalue weighted by molar-refractivity contribution is -0.116. The van der Waals surface area contributed by atoms with E-state index in [-0.39, 0.29) is 76.8 Å². The van der Waals surface area contributed by atoms with E-state index in [1.165, 1.54) is 24.3 Å². The molecule has 0 saturated carbocycles. The number of azo groups is 2. The number of primary amides is 2. The number of nitrogens with one attached hydrogen (secondary N) is 7. The van der Waals surface area contributed by atoms with Gasteiger partial charge in [-0.25, -0.2) is 18.0 Å². The van der Waals surface area contributed by atoms with E-state index in [2.05, 4.69) is 94.2 Å². The van der Waals surface area contributed by atoms with Gasteiger partial charge in [0, 0.05) is 46.9 Å². The molecule has 43 heteroatoms. The lowest BCUT2D eigenvalue weighted by atomic mass is 10.1. The molecule has 7 rings (SSSR count). The number of hydrogen-bond acceptors (Lipinski definition) is 27. The van der Waals surface area contributed by atoms with Gasteiger partial charge in [-0.15, -0.1) is 20.5 Å². The highest BCUT2D eigenvalue weighted by Crippen LogP contribution is 2.39. The van der Waals surface area contributed by atoms with Crippen LogP contribution in [0.5, 0.6) is 0 Å². The topological polar surface area (TPSA) is 566 Å². The van der Waals surface area contributed by atoms with Crippen LogP contribution in [0.25, 0.3) is 10.8 Å². The Kier molecular flexibility index (Phi) is 19.6. The highest BCUT2D eigenvalue weighted by atomic mass is 32.2. The Morgan fingerprint density at radius 1 is 0.568 bits per heavy atom. The second kappa shape index (κ2) is 26.3. The van der Waals surface area contributed by atoms with Crippen LogP contribution in [0, 0.1) is 12.2 Å². The molecule has 7 aromatic rings. The van der Waals surface area contributed by atoms with E-state index >= 15 is 0 Å². The molecule has 0 bridgehead atoms. The zero-order chi connectivity index (χ0) is 64.7. The zero-order valence-electron chi connectivity index (χ0n) is 44.2. The molecular weight excluding hydrogens is 1280 g/mol. The molecule has 0 aliphatic heterocycles. The van der Waals surface area contributed by atoms with Crippen molar-refractivity contribution in [2.75, 3.05) is 49.5 Å². The molecule has 36 nitrogen and oxygen atoms in total. The zero-order valence-corrected chi connectivity index (χ0v) is 48.3. The molecule has 0 saturated heterocycles. The van der Waals surface area contributed by atoms with Gasteiger partial charge < -0.3 is 48.7 Å². The fraction of sp³-hybridized carbons (Fsp3) is 0.133. The second-order valence-corrected chi connectivity index (χ2v) is 25.4. The molecule has 5 aromatic carbocycles. The number of sulfone groups is 1. The van der Waals surface area contributed by atoms with Crippen molar-refractivity contribution in [1.82, 2.24) is 29.9 Å². The summed E-state index contributed by atoms with van der Waals surface area (Å²) in [6.07, 6.45) is -2.91. The molecular formula is C45H43F2N19O17S5. The van der Waals surface area contributed by atoms with E-state index in [1.54, 1.807) is 6.92 Å². The summed E-state index contributed by atoms with van der Waals surface area (Å²) in [6.45, 7) is 4.61. The van der Waals surface area contributed by atoms with E-state index in [9.17, 15) is 83.5 Å². The molecule has 1 atom stereocenters. The molecule has 5 amide bonds. The van der Waals surface area contributed by atoms with Gasteiger partial charge >= 0.3 is 24.2 Å². The molecule has 2 heterocycles. The summed E-state index contributed by atoms with van der Waals surface area (Å²) in [5, 5.41) is 33.0. The number of rotatable bonds is 25. The van der Waals surface area contributed by atoms with Gasteiger partial charge in [0.1, 0.15) is 37.4 Å². The molecule has 2 aromatic heterocycles. The van der Waals surface area contributed by atoms with Gasteiger partial charge in [0.05, 0.1) is 22.0 Å². The lowest BCUT2D eigenvalue weighted by Crippen LogP contribution is -2.27. The number of anilines is 9. The average Bonchev–Trinajstić information content (AvgIpc) is 1.22. The monoisotopic (exact) mass is 1320 g/mol. The van der Waals surface area contributed by atoms with Crippen LogP contribution in [0.15, 0.2) is 131 Å². The predicted octanol–water partition coefficient (Wildman–Crippen LogP) is 5.96. The number of carbonyl (C=O) groups is 3. The quantitative estimate of drug-likeness (QED) is 0.0232. The van der Waals surface area contributed by atoms with Crippen molar-refractivity contribution in [3.63, 3.8) is 0 Å². The largest absolute Gasteiger partial charge is 0.352 e. The number of nitrogens with two attached hydrogens (primary N) is 2. The number of hydrogen-bond donors (Lipinski definition) is 13. The molecule has 1 unspecified atom stereocenters. The molecule has 15 N–H and O–H groups in total. The van der Waals surface area contributed by atoms with Gasteiger partial charge in [-0.05, 0) is 97.6 Å². The van der Waals surface area contributed by atoms with Gasteiger partial charge in [0.2, 0.25) is 29.7 Å². The highest BCUT2D eigenvalue weighted by molar-refractivity contribution is 7.94. The third kappa shape index (κ3) is 18.0. The number of aromatic nitrogens is 6. The van der Waals surface area contributed by atoms with Gasteiger partial charge in [-0.1, -0.05) is 6.58 Å². The smallest absolute Gasteiger partial charge is 0.316 e. The summed E-state index contributed by atoms with van der Waals surface area (Å²) in [7, 11) is -24.2. The highest BCUT2D eigenvalue weighted by Gasteiger charge is 2.26. The third-order valence-electron chi connectivity index (χ3n) is 11.1. The maximum absolute atomic E-state index is 14.9. The van der Waals surface area contributed by atoms with Crippen LogP contribution < -0.4 is 48.7 Å². The summed E-state index contributed by atoms with van der Waals surface area (Å²) < 4.78 is 190. The number of amides is 5. The minimum atomic E-state index is -5.28. The Balaban J connectivity index is 1.04. The van der Waals surface area contributed by atoms with Crippen molar-refractivity contribution in [1.29, 1.82) is 0 Å². The third-order valence-corrected chi connectivity index (χ3v) is 16.0. The first-order chi connectivity index (χ1) is 41.0. The second-order valence-electron chi connectivity index (χ2n) is 17.8. The Morgan fingerprint density at radius 2 is 1.06 bits per heavy atom. The first-order valence-electron chi connectivity index (χ1n) is 23.9. The van der Waals surface area contributed by atoms with Crippen LogP contribution in [0.3, 0.4) is 0 Å². The summed E-state index contributed by atoms with van der Waals surface area (Å²) in [4.78, 5) is 55.2. The standard InChI is InChI=1S/C45H43F2N19O17S5/c1-3-84(70,71)12-4-5-37(67)52-23-8-11-34(86(75,76)77)32(17-23)65-63-28-9-7-25(16-30(28)55-40(48)68)54-45-60-39(47)58-43(62-45)51-21(2)20-50-42-57-38(46)59-44(61-42)53-24-6-10-29(31(15-24)56-41(49)69)64-66-33-19-27-22(14-36(33)88(81,82)83)13-26(85(72,73)74)18-35(27)87(78,79)80/h3,6-11,13-19,21H,1,4-5,12,20H2,2H3,(H,52,67)(H3,48,55,68)(H3,49,56,69)(H,72,73,74)(H,75,76,77)(H,78,79,80)(H,81,82,83)(H2,50,53,57,59,61)(H2,51,54,58,60,62). The van der Waals surface area contributed by atoms with Crippen molar-refractivity contribution in [3.05, 3.63) is 103 Å². The number of halogens is 2. The Labute approximate surface area is 494 Å². The number of nitrogens with zero attached hydrogens (tertiary/aromatic N) is 10. The minimum absolute atomic E-state index is 0.00463. The van der Waals surface area contributed by atoms with E-state index in [0.29, 0.717) is 24.3 Å². The molecule has 88 heavy (non-hydrogen) atoms. The molecule has 0 aliphatic rings. The summed E-state index contributed by atoms with van der Waals surface area (Å²) in [5.74, 6) is -2.55. The maximum Gasteiger partial charge on any atom is 0.316 e. The van der Waals surface area contributed by atoms with Crippen LogP contribution in [0.2, 0.25) is 0 Å². The van der Waals surface area contributed by atoms with Crippen LogP contribution >= 0.6 is 0 Å². The van der Waals surface area contributed by atoms with Crippen molar-refractivity contribution in [2.45, 2.75) is 45.4 Å².